The largest absolute Gasteiger partial charge is 0.443 e. The number of nitrogen functional groups attached to an aromatic ring is 1. The first-order valence-electron chi connectivity index (χ1n) is 8.02. The van der Waals surface area contributed by atoms with Crippen molar-refractivity contribution >= 4 is 29.4 Å². The Morgan fingerprint density at radius 3 is 2.64 bits per heavy atom. The molecule has 0 radical (unpaired) electrons. The average molecular weight is 359 g/mol. The Morgan fingerprint density at radius 2 is 2.04 bits per heavy atom. The number of carbonyl (C=O) groups is 1. The van der Waals surface area contributed by atoms with Crippen LogP contribution in [0.4, 0.5) is 16.3 Å². The molecule has 0 unspecified atom stereocenters. The zero-order chi connectivity index (χ0) is 17.9. The number of piperidine rings is 1. The quantitative estimate of drug-likeness (QED) is 0.808. The molecule has 7 nitrogen and oxygen atoms in total. The number of amides is 1. The molecule has 25 heavy (non-hydrogen) atoms. The summed E-state index contributed by atoms with van der Waals surface area (Å²) in [5.41, 5.74) is 11.2. The van der Waals surface area contributed by atoms with E-state index in [-0.39, 0.29) is 0 Å². The molecule has 1 aromatic carbocycles. The van der Waals surface area contributed by atoms with Gasteiger partial charge in [0.15, 0.2) is 0 Å². The van der Waals surface area contributed by atoms with Crippen molar-refractivity contribution in [1.82, 2.24) is 9.97 Å². The number of nitrogens with zero attached hydrogens (tertiary/aromatic N) is 3. The molecule has 2 heterocycles. The molecular formula is C17H21N5O2S. The molecule has 4 N–H and O–H groups in total. The first-order valence-corrected chi connectivity index (χ1v) is 8.84. The zero-order valence-corrected chi connectivity index (χ0v) is 14.8. The SMILES string of the molecule is CC1(OC(N)=O)CCN(c2cnc(Sc3cccc(N)c3)cn2)CC1. The molecule has 1 aliphatic rings. The molecule has 0 spiro atoms. The summed E-state index contributed by atoms with van der Waals surface area (Å²) in [5.74, 6) is 0.818. The van der Waals surface area contributed by atoms with E-state index in [1.54, 1.807) is 12.4 Å². The molecule has 0 saturated carbocycles. The lowest BCUT2D eigenvalue weighted by molar-refractivity contribution is 0.0126. The summed E-state index contributed by atoms with van der Waals surface area (Å²) in [6.45, 7) is 3.38. The maximum atomic E-state index is 11.0. The van der Waals surface area contributed by atoms with Crippen molar-refractivity contribution < 1.29 is 9.53 Å². The van der Waals surface area contributed by atoms with E-state index in [9.17, 15) is 4.79 Å². The van der Waals surface area contributed by atoms with Gasteiger partial charge in [-0.15, -0.1) is 0 Å². The second-order valence-corrected chi connectivity index (χ2v) is 7.34. The van der Waals surface area contributed by atoms with Crippen molar-refractivity contribution in [3.8, 4) is 0 Å². The molecular weight excluding hydrogens is 338 g/mol. The standard InChI is InChI=1S/C17H21N5O2S/c1-17(24-16(19)23)5-7-22(8-6-17)14-10-21-15(11-20-14)25-13-4-2-3-12(18)9-13/h2-4,9-11H,5-8,18H2,1H3,(H2,19,23). The highest BCUT2D eigenvalue weighted by molar-refractivity contribution is 7.99. The van der Waals surface area contributed by atoms with E-state index in [4.69, 9.17) is 16.2 Å². The highest BCUT2D eigenvalue weighted by Gasteiger charge is 2.33. The molecule has 1 aromatic heterocycles. The number of ether oxygens (including phenoxy) is 1. The van der Waals surface area contributed by atoms with Gasteiger partial charge in [0.2, 0.25) is 0 Å². The molecule has 0 bridgehead atoms. The number of aromatic nitrogens is 2. The normalized spacial score (nSPS) is 16.4. The van der Waals surface area contributed by atoms with Crippen LogP contribution in [0.3, 0.4) is 0 Å². The number of hydrogen-bond donors (Lipinski definition) is 2. The Labute approximate surface area is 150 Å². The fourth-order valence-electron chi connectivity index (χ4n) is 2.78. The van der Waals surface area contributed by atoms with Crippen LogP contribution in [0, 0.1) is 0 Å². The van der Waals surface area contributed by atoms with E-state index in [1.165, 1.54) is 11.8 Å². The van der Waals surface area contributed by atoms with Crippen LogP contribution in [-0.2, 0) is 4.74 Å². The van der Waals surface area contributed by atoms with Crippen LogP contribution in [0.25, 0.3) is 0 Å². The van der Waals surface area contributed by atoms with Crippen molar-refractivity contribution in [2.75, 3.05) is 23.7 Å². The van der Waals surface area contributed by atoms with Crippen LogP contribution in [-0.4, -0.2) is 34.8 Å². The molecule has 8 heteroatoms. The number of carbonyl (C=O) groups excluding carboxylic acids is 1. The number of anilines is 2. The van der Waals surface area contributed by atoms with Gasteiger partial charge in [-0.25, -0.2) is 14.8 Å². The van der Waals surface area contributed by atoms with Gasteiger partial charge in [0, 0.05) is 36.5 Å². The molecule has 0 aliphatic carbocycles. The fraction of sp³-hybridized carbons (Fsp3) is 0.353. The molecule has 1 amide bonds. The maximum absolute atomic E-state index is 11.0. The molecule has 132 valence electrons. The zero-order valence-electron chi connectivity index (χ0n) is 14.0. The minimum absolute atomic E-state index is 0.501. The average Bonchev–Trinajstić information content (AvgIpc) is 2.55. The van der Waals surface area contributed by atoms with E-state index in [0.717, 1.165) is 34.5 Å². The molecule has 1 fully saturated rings. The predicted octanol–water partition coefficient (Wildman–Crippen LogP) is 2.66. The molecule has 2 aromatic rings. The number of hydrogen-bond acceptors (Lipinski definition) is 7. The van der Waals surface area contributed by atoms with Crippen molar-refractivity contribution in [1.29, 1.82) is 0 Å². The second-order valence-electron chi connectivity index (χ2n) is 6.25. The Morgan fingerprint density at radius 1 is 1.28 bits per heavy atom. The van der Waals surface area contributed by atoms with Gasteiger partial charge in [-0.05, 0) is 25.1 Å². The van der Waals surface area contributed by atoms with Crippen LogP contribution in [0.5, 0.6) is 0 Å². The molecule has 0 atom stereocenters. The molecule has 1 aliphatic heterocycles. The van der Waals surface area contributed by atoms with Gasteiger partial charge in [-0.3, -0.25) is 0 Å². The summed E-state index contributed by atoms with van der Waals surface area (Å²) in [4.78, 5) is 23.1. The summed E-state index contributed by atoms with van der Waals surface area (Å²) >= 11 is 1.52. The van der Waals surface area contributed by atoms with E-state index >= 15 is 0 Å². The van der Waals surface area contributed by atoms with E-state index in [0.29, 0.717) is 12.8 Å². The van der Waals surface area contributed by atoms with Crippen LogP contribution in [0.2, 0.25) is 0 Å². The lowest BCUT2D eigenvalue weighted by atomic mass is 9.93. The summed E-state index contributed by atoms with van der Waals surface area (Å²) in [5, 5.41) is 0.813. The summed E-state index contributed by atoms with van der Waals surface area (Å²) in [6, 6.07) is 7.66. The van der Waals surface area contributed by atoms with Gasteiger partial charge >= 0.3 is 6.09 Å². The number of benzene rings is 1. The Kier molecular flexibility index (Phi) is 4.98. The number of primary amides is 1. The minimum atomic E-state index is -0.723. The summed E-state index contributed by atoms with van der Waals surface area (Å²) in [6.07, 6.45) is 4.22. The Bertz CT molecular complexity index is 745. The van der Waals surface area contributed by atoms with Crippen molar-refractivity contribution in [2.24, 2.45) is 5.73 Å². The van der Waals surface area contributed by atoms with Gasteiger partial charge in [0.1, 0.15) is 16.4 Å². The van der Waals surface area contributed by atoms with E-state index in [1.807, 2.05) is 31.2 Å². The fourth-order valence-corrected chi connectivity index (χ4v) is 3.57. The lowest BCUT2D eigenvalue weighted by Crippen LogP contribution is -2.46. The number of nitrogens with two attached hydrogens (primary N) is 2. The second kappa shape index (κ2) is 7.18. The van der Waals surface area contributed by atoms with Gasteiger partial charge in [0.25, 0.3) is 0 Å². The monoisotopic (exact) mass is 359 g/mol. The van der Waals surface area contributed by atoms with Gasteiger partial charge < -0.3 is 21.1 Å². The third kappa shape index (κ3) is 4.54. The van der Waals surface area contributed by atoms with Crippen LogP contribution < -0.4 is 16.4 Å². The highest BCUT2D eigenvalue weighted by Crippen LogP contribution is 2.30. The van der Waals surface area contributed by atoms with Crippen molar-refractivity contribution in [2.45, 2.75) is 35.3 Å². The minimum Gasteiger partial charge on any atom is -0.443 e. The van der Waals surface area contributed by atoms with Crippen LogP contribution in [0.15, 0.2) is 46.6 Å². The maximum Gasteiger partial charge on any atom is 0.405 e. The van der Waals surface area contributed by atoms with E-state index < -0.39 is 11.7 Å². The third-order valence-electron chi connectivity index (χ3n) is 4.19. The Hall–Kier alpha value is -2.48. The van der Waals surface area contributed by atoms with Crippen molar-refractivity contribution in [3.05, 3.63) is 36.7 Å². The first-order chi connectivity index (χ1) is 11.9. The van der Waals surface area contributed by atoms with E-state index in [2.05, 4.69) is 14.9 Å². The molecule has 1 saturated heterocycles. The van der Waals surface area contributed by atoms with Crippen molar-refractivity contribution in [3.63, 3.8) is 0 Å². The van der Waals surface area contributed by atoms with Gasteiger partial charge in [-0.1, -0.05) is 17.8 Å². The smallest absolute Gasteiger partial charge is 0.405 e. The first kappa shape index (κ1) is 17.3. The summed E-state index contributed by atoms with van der Waals surface area (Å²) in [7, 11) is 0. The predicted molar refractivity (Wildman–Crippen MR) is 97.5 cm³/mol. The van der Waals surface area contributed by atoms with Crippen LogP contribution >= 0.6 is 11.8 Å². The van der Waals surface area contributed by atoms with Crippen LogP contribution in [0.1, 0.15) is 19.8 Å². The topological polar surface area (TPSA) is 107 Å². The summed E-state index contributed by atoms with van der Waals surface area (Å²) < 4.78 is 5.22. The Balaban J connectivity index is 1.61. The molecule has 3 rings (SSSR count). The third-order valence-corrected chi connectivity index (χ3v) is 5.10. The van der Waals surface area contributed by atoms with Gasteiger partial charge in [0.05, 0.1) is 12.4 Å². The number of rotatable bonds is 4. The lowest BCUT2D eigenvalue weighted by Gasteiger charge is -2.38. The van der Waals surface area contributed by atoms with Gasteiger partial charge in [-0.2, -0.15) is 0 Å². The highest BCUT2D eigenvalue weighted by atomic mass is 32.2.